The first-order valence-corrected chi connectivity index (χ1v) is 13.0. The Bertz CT molecular complexity index is 1220. The molecular weight excluding hydrogens is 533 g/mol. The minimum Gasteiger partial charge on any atom is -0.462 e. The Morgan fingerprint density at radius 3 is 2.50 bits per heavy atom. The van der Waals surface area contributed by atoms with Gasteiger partial charge in [-0.3, -0.25) is 13.9 Å². The Kier molecular flexibility index (Phi) is 9.23. The van der Waals surface area contributed by atoms with Crippen LogP contribution in [-0.2, 0) is 23.4 Å². The molecule has 3 rings (SSSR count). The molecule has 2 heterocycles. The number of rotatable bonds is 11. The lowest BCUT2D eigenvalue weighted by Gasteiger charge is -2.32. The zero-order valence-electron chi connectivity index (χ0n) is 20.6. The number of halogens is 2. The Morgan fingerprint density at radius 2 is 1.92 bits per heavy atom. The SMILES string of the molecule is CC(C)OC(=O)[C@H](C)NP(=O)(OC[C@@]1(C(F)F)O[C@@H](n2ccc(N)nc2=O)[C@H](O)[C@@H]1O)Oc1ccccc1. The molecule has 2 aromatic rings. The lowest BCUT2D eigenvalue weighted by molar-refractivity contribution is -0.192. The Balaban J connectivity index is 1.90. The van der Waals surface area contributed by atoms with E-state index >= 15 is 0 Å². The summed E-state index contributed by atoms with van der Waals surface area (Å²) in [6, 6.07) is 7.41. The number of carbonyl (C=O) groups is 1. The lowest BCUT2D eigenvalue weighted by atomic mass is 9.96. The molecule has 0 radical (unpaired) electrons. The first-order valence-electron chi connectivity index (χ1n) is 11.4. The molecule has 1 aromatic carbocycles. The number of nitrogen functional groups attached to an aromatic ring is 1. The van der Waals surface area contributed by atoms with E-state index in [1.165, 1.54) is 19.1 Å². The average Bonchev–Trinajstić information content (AvgIpc) is 3.09. The topological polar surface area (TPSA) is 184 Å². The number of ether oxygens (including phenoxy) is 2. The molecule has 0 amide bonds. The molecule has 6 atom stereocenters. The van der Waals surface area contributed by atoms with Crippen molar-refractivity contribution in [1.82, 2.24) is 14.6 Å². The smallest absolute Gasteiger partial charge is 0.459 e. The zero-order chi connectivity index (χ0) is 28.3. The molecular formula is C22H29F2N4O9P. The van der Waals surface area contributed by atoms with Gasteiger partial charge in [-0.25, -0.2) is 18.1 Å². The maximum Gasteiger partial charge on any atom is 0.459 e. The number of anilines is 1. The quantitative estimate of drug-likeness (QED) is 0.227. The van der Waals surface area contributed by atoms with Crippen LogP contribution < -0.4 is 21.0 Å². The summed E-state index contributed by atoms with van der Waals surface area (Å²) in [7, 11) is -4.64. The number of esters is 1. The van der Waals surface area contributed by atoms with Gasteiger partial charge in [-0.15, -0.1) is 0 Å². The predicted molar refractivity (Wildman–Crippen MR) is 128 cm³/mol. The van der Waals surface area contributed by atoms with Crippen LogP contribution >= 0.6 is 7.75 Å². The van der Waals surface area contributed by atoms with Gasteiger partial charge < -0.3 is 29.9 Å². The third kappa shape index (κ3) is 6.54. The average molecular weight is 562 g/mol. The number of nitrogens with zero attached hydrogens (tertiary/aromatic N) is 2. The van der Waals surface area contributed by atoms with Crippen LogP contribution in [0.15, 0.2) is 47.4 Å². The summed E-state index contributed by atoms with van der Waals surface area (Å²) >= 11 is 0. The van der Waals surface area contributed by atoms with E-state index in [1.807, 2.05) is 0 Å². The molecule has 1 saturated heterocycles. The van der Waals surface area contributed by atoms with Crippen molar-refractivity contribution in [3.05, 3.63) is 53.1 Å². The van der Waals surface area contributed by atoms with Crippen molar-refractivity contribution in [1.29, 1.82) is 0 Å². The van der Waals surface area contributed by atoms with Gasteiger partial charge >= 0.3 is 19.4 Å². The fraction of sp³-hybridized carbons (Fsp3) is 0.500. The summed E-state index contributed by atoms with van der Waals surface area (Å²) in [5.41, 5.74) is 1.43. The fourth-order valence-corrected chi connectivity index (χ4v) is 5.06. The third-order valence-corrected chi connectivity index (χ3v) is 7.06. The van der Waals surface area contributed by atoms with E-state index in [1.54, 1.807) is 32.0 Å². The molecule has 5 N–H and O–H groups in total. The van der Waals surface area contributed by atoms with Gasteiger partial charge in [0, 0.05) is 6.20 Å². The predicted octanol–water partition coefficient (Wildman–Crippen LogP) is 1.21. The van der Waals surface area contributed by atoms with E-state index < -0.39 is 68.6 Å². The molecule has 0 bridgehead atoms. The van der Waals surface area contributed by atoms with Crippen molar-refractivity contribution in [2.75, 3.05) is 12.3 Å². The number of benzene rings is 1. The van der Waals surface area contributed by atoms with Gasteiger partial charge in [-0.05, 0) is 39.0 Å². The molecule has 0 aliphatic carbocycles. The Labute approximate surface area is 216 Å². The van der Waals surface area contributed by atoms with E-state index in [4.69, 9.17) is 24.3 Å². The fourth-order valence-electron chi connectivity index (χ4n) is 3.53. The van der Waals surface area contributed by atoms with Crippen molar-refractivity contribution in [2.24, 2.45) is 0 Å². The number of nitrogens with two attached hydrogens (primary N) is 1. The van der Waals surface area contributed by atoms with Crippen molar-refractivity contribution < 1.29 is 46.9 Å². The highest BCUT2D eigenvalue weighted by Gasteiger charge is 2.61. The Morgan fingerprint density at radius 1 is 1.26 bits per heavy atom. The van der Waals surface area contributed by atoms with Crippen LogP contribution in [-0.4, -0.2) is 68.7 Å². The highest BCUT2D eigenvalue weighted by atomic mass is 31.2. The van der Waals surface area contributed by atoms with Crippen molar-refractivity contribution in [3.63, 3.8) is 0 Å². The lowest BCUT2D eigenvalue weighted by Crippen LogP contribution is -2.53. The summed E-state index contributed by atoms with van der Waals surface area (Å²) in [5, 5.41) is 23.4. The maximum atomic E-state index is 14.4. The van der Waals surface area contributed by atoms with Crippen LogP contribution in [0.3, 0.4) is 0 Å². The molecule has 13 nitrogen and oxygen atoms in total. The number of aromatic nitrogens is 2. The molecule has 1 aromatic heterocycles. The van der Waals surface area contributed by atoms with E-state index in [2.05, 4.69) is 10.1 Å². The van der Waals surface area contributed by atoms with Gasteiger partial charge in [0.25, 0.3) is 6.43 Å². The number of carbonyl (C=O) groups excluding carboxylic acids is 1. The Hall–Kier alpha value is -2.94. The molecule has 210 valence electrons. The maximum absolute atomic E-state index is 14.4. The minimum absolute atomic E-state index is 0.00385. The van der Waals surface area contributed by atoms with Crippen molar-refractivity contribution in [2.45, 2.75) is 63.4 Å². The minimum atomic E-state index is -4.64. The van der Waals surface area contributed by atoms with Gasteiger partial charge in [0.2, 0.25) is 0 Å². The summed E-state index contributed by atoms with van der Waals surface area (Å²) < 4.78 is 64.1. The van der Waals surface area contributed by atoms with E-state index in [0.29, 0.717) is 4.57 Å². The molecule has 16 heteroatoms. The molecule has 1 fully saturated rings. The van der Waals surface area contributed by atoms with Crippen molar-refractivity contribution >= 4 is 19.5 Å². The summed E-state index contributed by atoms with van der Waals surface area (Å²) in [6.07, 6.45) is -9.14. The van der Waals surface area contributed by atoms with Gasteiger partial charge in [0.1, 0.15) is 29.8 Å². The van der Waals surface area contributed by atoms with Crippen LogP contribution in [0.5, 0.6) is 5.75 Å². The van der Waals surface area contributed by atoms with E-state index in [0.717, 1.165) is 12.3 Å². The van der Waals surface area contributed by atoms with E-state index in [9.17, 15) is 33.1 Å². The summed E-state index contributed by atoms with van der Waals surface area (Å²) in [5.74, 6) is -0.992. The largest absolute Gasteiger partial charge is 0.462 e. The van der Waals surface area contributed by atoms with Crippen LogP contribution in [0.25, 0.3) is 0 Å². The number of hydrogen-bond acceptors (Lipinski definition) is 11. The highest BCUT2D eigenvalue weighted by molar-refractivity contribution is 7.52. The van der Waals surface area contributed by atoms with Crippen LogP contribution in [0.2, 0.25) is 0 Å². The molecule has 0 spiro atoms. The number of alkyl halides is 2. The number of para-hydroxylation sites is 1. The van der Waals surface area contributed by atoms with Gasteiger partial charge in [0.05, 0.1) is 12.7 Å². The first kappa shape index (κ1) is 29.6. The molecule has 1 aliphatic heterocycles. The van der Waals surface area contributed by atoms with Crippen LogP contribution in [0, 0.1) is 0 Å². The van der Waals surface area contributed by atoms with Gasteiger partial charge in [-0.2, -0.15) is 10.1 Å². The van der Waals surface area contributed by atoms with E-state index in [-0.39, 0.29) is 11.6 Å². The number of nitrogens with one attached hydrogen (secondary N) is 1. The number of aliphatic hydroxyl groups excluding tert-OH is 2. The van der Waals surface area contributed by atoms with Gasteiger partial charge in [-0.1, -0.05) is 18.2 Å². The normalized spacial score (nSPS) is 25.8. The second-order valence-corrected chi connectivity index (χ2v) is 10.4. The molecule has 0 saturated carbocycles. The molecule has 1 unspecified atom stereocenters. The molecule has 1 aliphatic rings. The van der Waals surface area contributed by atoms with Crippen LogP contribution in [0.4, 0.5) is 14.6 Å². The second-order valence-electron chi connectivity index (χ2n) is 8.75. The standard InChI is InChI=1S/C22H29F2N4O9P/c1-12(2)35-19(31)13(3)27-38(33,37-14-7-5-4-6-8-14)34-11-22(20(23)24)17(30)16(29)18(36-22)28-10-9-15(25)26-21(28)32/h4-10,12-13,16-18,20,29-30H,11H2,1-3H3,(H,27,33)(H2,25,26,32)/t13-,16+,17-,18+,22+,38?/m0/s1. The summed E-state index contributed by atoms with van der Waals surface area (Å²) in [4.78, 5) is 27.9. The summed E-state index contributed by atoms with van der Waals surface area (Å²) in [6.45, 7) is 3.19. The second kappa shape index (κ2) is 11.8. The van der Waals surface area contributed by atoms with Gasteiger partial charge in [0.15, 0.2) is 11.8 Å². The monoisotopic (exact) mass is 562 g/mol. The highest BCUT2D eigenvalue weighted by Crippen LogP contribution is 2.49. The number of aliphatic hydroxyl groups is 2. The zero-order valence-corrected chi connectivity index (χ0v) is 21.5. The third-order valence-electron chi connectivity index (χ3n) is 5.44. The molecule has 38 heavy (non-hydrogen) atoms. The van der Waals surface area contributed by atoms with Crippen molar-refractivity contribution in [3.8, 4) is 5.75 Å². The number of hydrogen-bond donors (Lipinski definition) is 4. The first-order chi connectivity index (χ1) is 17.8. The van der Waals surface area contributed by atoms with Crippen LogP contribution in [0.1, 0.15) is 27.0 Å².